The number of carbonyl (C=O) groups is 2. The van der Waals surface area contributed by atoms with Gasteiger partial charge in [0.05, 0.1) is 19.1 Å². The van der Waals surface area contributed by atoms with E-state index in [-0.39, 0.29) is 21.9 Å². The van der Waals surface area contributed by atoms with Gasteiger partial charge in [0.15, 0.2) is 6.10 Å². The molecule has 2 aromatic rings. The molecule has 9 nitrogen and oxygen atoms in total. The Morgan fingerprint density at radius 2 is 1.79 bits per heavy atom. The van der Waals surface area contributed by atoms with E-state index < -0.39 is 28.0 Å². The minimum Gasteiger partial charge on any atom is -0.497 e. The van der Waals surface area contributed by atoms with E-state index in [9.17, 15) is 18.0 Å². The molecule has 0 saturated heterocycles. The van der Waals surface area contributed by atoms with Crippen LogP contribution in [0.15, 0.2) is 47.4 Å². The molecule has 0 bridgehead atoms. The van der Waals surface area contributed by atoms with Gasteiger partial charge in [0, 0.05) is 5.69 Å². The van der Waals surface area contributed by atoms with E-state index in [1.165, 1.54) is 51.5 Å². The highest BCUT2D eigenvalue weighted by molar-refractivity contribution is 7.89. The summed E-state index contributed by atoms with van der Waals surface area (Å²) in [6.45, 7) is 1.38. The van der Waals surface area contributed by atoms with Gasteiger partial charge in [-0.1, -0.05) is 6.07 Å². The Morgan fingerprint density at radius 1 is 1.07 bits per heavy atom. The lowest BCUT2D eigenvalue weighted by molar-refractivity contribution is -0.123. The first-order valence-corrected chi connectivity index (χ1v) is 9.57. The van der Waals surface area contributed by atoms with Crippen LogP contribution >= 0.6 is 0 Å². The predicted molar refractivity (Wildman–Crippen MR) is 101 cm³/mol. The number of nitrogens with two attached hydrogens (primary N) is 1. The Balaban J connectivity index is 2.12. The lowest BCUT2D eigenvalue weighted by Crippen LogP contribution is -2.30. The molecule has 1 amide bonds. The van der Waals surface area contributed by atoms with Crippen molar-refractivity contribution in [2.75, 3.05) is 19.5 Å². The highest BCUT2D eigenvalue weighted by Gasteiger charge is 2.22. The smallest absolute Gasteiger partial charge is 0.342 e. The molecule has 0 aliphatic carbocycles. The average Bonchev–Trinajstić information content (AvgIpc) is 2.66. The summed E-state index contributed by atoms with van der Waals surface area (Å²) in [5.74, 6) is -0.748. The highest BCUT2D eigenvalue weighted by Crippen LogP contribution is 2.25. The number of hydrogen-bond donors (Lipinski definition) is 2. The van der Waals surface area contributed by atoms with Crippen molar-refractivity contribution in [3.8, 4) is 11.5 Å². The van der Waals surface area contributed by atoms with Gasteiger partial charge in [0.25, 0.3) is 5.91 Å². The number of methoxy groups -OCH3 is 2. The van der Waals surface area contributed by atoms with Crippen LogP contribution in [0.4, 0.5) is 5.69 Å². The van der Waals surface area contributed by atoms with Gasteiger partial charge in [-0.25, -0.2) is 18.4 Å². The Kier molecular flexibility index (Phi) is 6.60. The van der Waals surface area contributed by atoms with Crippen LogP contribution in [0.2, 0.25) is 0 Å². The maximum absolute atomic E-state index is 12.4. The average molecular weight is 408 g/mol. The first-order valence-electron chi connectivity index (χ1n) is 8.02. The Hall–Kier alpha value is -3.11. The van der Waals surface area contributed by atoms with Crippen molar-refractivity contribution < 1.29 is 32.2 Å². The van der Waals surface area contributed by atoms with E-state index in [4.69, 9.17) is 19.3 Å². The second-order valence-corrected chi connectivity index (χ2v) is 7.24. The standard InChI is InChI=1S/C18H20N2O7S/c1-11(17(21)20-12-5-4-6-14(9-12)28(19,23)24)27-18(22)15-10-13(25-2)7-8-16(15)26-3/h4-11H,1-3H3,(H,20,21)(H2,19,23,24)/t11-/m1/s1. The minimum atomic E-state index is -3.91. The molecule has 0 saturated carbocycles. The lowest BCUT2D eigenvalue weighted by Gasteiger charge is -2.15. The minimum absolute atomic E-state index is 0.0951. The lowest BCUT2D eigenvalue weighted by atomic mass is 10.2. The zero-order chi connectivity index (χ0) is 20.9. The Bertz CT molecular complexity index is 989. The van der Waals surface area contributed by atoms with Gasteiger partial charge in [-0.05, 0) is 43.3 Å². The number of sulfonamides is 1. The van der Waals surface area contributed by atoms with Crippen LogP contribution in [0, 0.1) is 0 Å². The number of ether oxygens (including phenoxy) is 3. The number of esters is 1. The summed E-state index contributed by atoms with van der Waals surface area (Å²) in [5.41, 5.74) is 0.288. The molecule has 10 heteroatoms. The molecule has 0 aliphatic rings. The number of nitrogens with one attached hydrogen (secondary N) is 1. The molecule has 0 heterocycles. The monoisotopic (exact) mass is 408 g/mol. The van der Waals surface area contributed by atoms with Crippen LogP contribution in [0.5, 0.6) is 11.5 Å². The summed E-state index contributed by atoms with van der Waals surface area (Å²) in [4.78, 5) is 24.5. The Labute approximate surface area is 162 Å². The highest BCUT2D eigenvalue weighted by atomic mass is 32.2. The molecule has 0 fully saturated rings. The van der Waals surface area contributed by atoms with Crippen LogP contribution in [0.25, 0.3) is 0 Å². The van der Waals surface area contributed by atoms with Crippen molar-refractivity contribution in [2.45, 2.75) is 17.9 Å². The van der Waals surface area contributed by atoms with Gasteiger partial charge in [-0.2, -0.15) is 0 Å². The molecule has 28 heavy (non-hydrogen) atoms. The second kappa shape index (κ2) is 8.72. The molecule has 150 valence electrons. The van der Waals surface area contributed by atoms with Gasteiger partial charge >= 0.3 is 5.97 Å². The number of carbonyl (C=O) groups excluding carboxylic acids is 2. The van der Waals surface area contributed by atoms with Crippen LogP contribution in [0.1, 0.15) is 17.3 Å². The molecular formula is C18H20N2O7S. The van der Waals surface area contributed by atoms with Crippen LogP contribution < -0.4 is 19.9 Å². The number of rotatable bonds is 7. The van der Waals surface area contributed by atoms with Crippen molar-refractivity contribution in [3.63, 3.8) is 0 Å². The van der Waals surface area contributed by atoms with Crippen molar-refractivity contribution in [3.05, 3.63) is 48.0 Å². The van der Waals surface area contributed by atoms with E-state index in [1.54, 1.807) is 12.1 Å². The molecule has 0 unspecified atom stereocenters. The quantitative estimate of drug-likeness (QED) is 0.664. The first kappa shape index (κ1) is 21.2. The molecule has 3 N–H and O–H groups in total. The second-order valence-electron chi connectivity index (χ2n) is 5.68. The Morgan fingerprint density at radius 3 is 2.39 bits per heavy atom. The van der Waals surface area contributed by atoms with Gasteiger partial charge in [0.1, 0.15) is 17.1 Å². The maximum atomic E-state index is 12.4. The zero-order valence-electron chi connectivity index (χ0n) is 15.5. The summed E-state index contributed by atoms with van der Waals surface area (Å²) in [5, 5.41) is 7.54. The third kappa shape index (κ3) is 5.21. The summed E-state index contributed by atoms with van der Waals surface area (Å²) in [7, 11) is -1.07. The van der Waals surface area contributed by atoms with Crippen LogP contribution in [-0.4, -0.2) is 40.6 Å². The summed E-state index contributed by atoms with van der Waals surface area (Å²) >= 11 is 0. The summed E-state index contributed by atoms with van der Waals surface area (Å²) < 4.78 is 38.2. The first-order chi connectivity index (χ1) is 13.2. The van der Waals surface area contributed by atoms with Crippen molar-refractivity contribution in [1.82, 2.24) is 0 Å². The molecule has 2 rings (SSSR count). The topological polar surface area (TPSA) is 134 Å². The van der Waals surface area contributed by atoms with Gasteiger partial charge in [-0.15, -0.1) is 0 Å². The molecule has 1 atom stereocenters. The maximum Gasteiger partial charge on any atom is 0.342 e. The van der Waals surface area contributed by atoms with E-state index in [0.717, 1.165) is 0 Å². The van der Waals surface area contributed by atoms with E-state index >= 15 is 0 Å². The number of benzene rings is 2. The molecule has 0 spiro atoms. The van der Waals surface area contributed by atoms with Gasteiger partial charge in [0.2, 0.25) is 10.0 Å². The SMILES string of the molecule is COc1ccc(OC)c(C(=O)O[C@H](C)C(=O)Nc2cccc(S(N)(=O)=O)c2)c1. The van der Waals surface area contributed by atoms with Crippen LogP contribution in [-0.2, 0) is 19.6 Å². The van der Waals surface area contributed by atoms with Crippen LogP contribution in [0.3, 0.4) is 0 Å². The number of primary sulfonamides is 1. The summed E-state index contributed by atoms with van der Waals surface area (Å²) in [6.07, 6.45) is -1.17. The van der Waals surface area contributed by atoms with Crippen molar-refractivity contribution >= 4 is 27.6 Å². The number of amides is 1. The van der Waals surface area contributed by atoms with Gasteiger partial charge < -0.3 is 19.5 Å². The normalized spacial score (nSPS) is 12.0. The summed E-state index contributed by atoms with van der Waals surface area (Å²) in [6, 6.07) is 9.99. The third-order valence-electron chi connectivity index (χ3n) is 3.71. The molecule has 2 aromatic carbocycles. The van der Waals surface area contributed by atoms with E-state index in [0.29, 0.717) is 5.75 Å². The number of anilines is 1. The largest absolute Gasteiger partial charge is 0.497 e. The fraction of sp³-hybridized carbons (Fsp3) is 0.222. The van der Waals surface area contributed by atoms with E-state index in [1.807, 2.05) is 0 Å². The number of hydrogen-bond acceptors (Lipinski definition) is 7. The zero-order valence-corrected chi connectivity index (χ0v) is 16.3. The third-order valence-corrected chi connectivity index (χ3v) is 4.62. The molecule has 0 aliphatic heterocycles. The fourth-order valence-electron chi connectivity index (χ4n) is 2.25. The molecule has 0 aromatic heterocycles. The van der Waals surface area contributed by atoms with Crippen molar-refractivity contribution in [1.29, 1.82) is 0 Å². The van der Waals surface area contributed by atoms with E-state index in [2.05, 4.69) is 5.32 Å². The molecule has 0 radical (unpaired) electrons. The van der Waals surface area contributed by atoms with Gasteiger partial charge in [-0.3, -0.25) is 4.79 Å². The molecular weight excluding hydrogens is 388 g/mol. The fourth-order valence-corrected chi connectivity index (χ4v) is 2.81. The predicted octanol–water partition coefficient (Wildman–Crippen LogP) is 1.54. The van der Waals surface area contributed by atoms with Crippen molar-refractivity contribution in [2.24, 2.45) is 5.14 Å².